The fourth-order valence-corrected chi connectivity index (χ4v) is 5.96. The summed E-state index contributed by atoms with van der Waals surface area (Å²) in [5, 5.41) is -0.182. The molecule has 0 bridgehead atoms. The van der Waals surface area contributed by atoms with Crippen LogP contribution in [-0.4, -0.2) is 51.2 Å². The SMILES string of the molecule is COC1CN(c2cccc(S(=O)(=O)NC(=O)C3(Oc4cc(C)ccc4C4CCCCC4)CC3)n2)C1. The predicted molar refractivity (Wildman–Crippen MR) is 132 cm³/mol. The van der Waals surface area contributed by atoms with E-state index in [9.17, 15) is 13.2 Å². The molecule has 1 saturated heterocycles. The first-order chi connectivity index (χ1) is 16.8. The predicted octanol–water partition coefficient (Wildman–Crippen LogP) is 3.69. The number of methoxy groups -OCH3 is 1. The number of hydrogen-bond acceptors (Lipinski definition) is 7. The van der Waals surface area contributed by atoms with E-state index in [1.807, 2.05) is 17.9 Å². The summed E-state index contributed by atoms with van der Waals surface area (Å²) >= 11 is 0. The third-order valence-electron chi connectivity index (χ3n) is 7.35. The number of rotatable bonds is 8. The van der Waals surface area contributed by atoms with Crippen molar-refractivity contribution in [3.63, 3.8) is 0 Å². The summed E-state index contributed by atoms with van der Waals surface area (Å²) in [5.74, 6) is 1.02. The Morgan fingerprint density at radius 2 is 1.86 bits per heavy atom. The lowest BCUT2D eigenvalue weighted by atomic mass is 9.83. The normalized spacial score (nSPS) is 20.2. The second-order valence-electron chi connectivity index (χ2n) is 10.0. The van der Waals surface area contributed by atoms with Gasteiger partial charge >= 0.3 is 0 Å². The van der Waals surface area contributed by atoms with E-state index in [1.165, 1.54) is 25.3 Å². The molecule has 2 heterocycles. The number of ether oxygens (including phenoxy) is 2. The lowest BCUT2D eigenvalue weighted by molar-refractivity contribution is -0.128. The number of nitrogens with one attached hydrogen (secondary N) is 1. The fourth-order valence-electron chi connectivity index (χ4n) is 4.95. The van der Waals surface area contributed by atoms with Crippen molar-refractivity contribution in [3.05, 3.63) is 47.5 Å². The van der Waals surface area contributed by atoms with Crippen LogP contribution in [0.3, 0.4) is 0 Å². The van der Waals surface area contributed by atoms with Crippen LogP contribution in [0.25, 0.3) is 0 Å². The molecule has 8 nitrogen and oxygen atoms in total. The zero-order chi connectivity index (χ0) is 24.6. The molecule has 1 amide bonds. The zero-order valence-corrected chi connectivity index (χ0v) is 21.1. The van der Waals surface area contributed by atoms with Crippen molar-refractivity contribution in [2.24, 2.45) is 0 Å². The van der Waals surface area contributed by atoms with Crippen LogP contribution >= 0.6 is 0 Å². The Labute approximate surface area is 207 Å². The zero-order valence-electron chi connectivity index (χ0n) is 20.3. The monoisotopic (exact) mass is 499 g/mol. The average molecular weight is 500 g/mol. The number of aromatic nitrogens is 1. The molecule has 0 atom stereocenters. The molecule has 1 N–H and O–H groups in total. The van der Waals surface area contributed by atoms with Crippen LogP contribution in [0.5, 0.6) is 5.75 Å². The Morgan fingerprint density at radius 1 is 1.11 bits per heavy atom. The molecule has 1 aromatic carbocycles. The lowest BCUT2D eigenvalue weighted by Gasteiger charge is -2.39. The van der Waals surface area contributed by atoms with Gasteiger partial charge in [0.1, 0.15) is 11.6 Å². The largest absolute Gasteiger partial charge is 0.477 e. The number of carbonyl (C=O) groups is 1. The van der Waals surface area contributed by atoms with E-state index in [0.29, 0.717) is 43.4 Å². The number of hydrogen-bond donors (Lipinski definition) is 1. The van der Waals surface area contributed by atoms with Crippen LogP contribution in [-0.2, 0) is 19.6 Å². The Hall–Kier alpha value is -2.65. The molecule has 0 spiro atoms. The smallest absolute Gasteiger partial charge is 0.281 e. The van der Waals surface area contributed by atoms with Gasteiger partial charge in [0.2, 0.25) is 0 Å². The molecule has 35 heavy (non-hydrogen) atoms. The topological polar surface area (TPSA) is 97.8 Å². The molecule has 1 aliphatic heterocycles. The summed E-state index contributed by atoms with van der Waals surface area (Å²) in [5.41, 5.74) is 1.01. The van der Waals surface area contributed by atoms with E-state index < -0.39 is 21.5 Å². The molecule has 0 unspecified atom stereocenters. The first-order valence-corrected chi connectivity index (χ1v) is 13.9. The van der Waals surface area contributed by atoms with Gasteiger partial charge in [-0.3, -0.25) is 4.79 Å². The van der Waals surface area contributed by atoms with Crippen LogP contribution in [0.15, 0.2) is 41.4 Å². The van der Waals surface area contributed by atoms with Gasteiger partial charge in [0.25, 0.3) is 15.9 Å². The van der Waals surface area contributed by atoms with Gasteiger partial charge in [-0.1, -0.05) is 37.5 Å². The molecule has 5 rings (SSSR count). The number of nitrogens with zero attached hydrogens (tertiary/aromatic N) is 2. The third-order valence-corrected chi connectivity index (χ3v) is 8.59. The summed E-state index contributed by atoms with van der Waals surface area (Å²) in [6.07, 6.45) is 6.92. The highest BCUT2D eigenvalue weighted by Gasteiger charge is 2.54. The molecule has 3 fully saturated rings. The summed E-state index contributed by atoms with van der Waals surface area (Å²) in [6.45, 7) is 3.29. The van der Waals surface area contributed by atoms with Crippen LogP contribution in [0, 0.1) is 6.92 Å². The van der Waals surface area contributed by atoms with E-state index in [2.05, 4.69) is 21.8 Å². The Kier molecular flexibility index (Phi) is 6.48. The maximum Gasteiger partial charge on any atom is 0.281 e. The number of anilines is 1. The number of pyridine rings is 1. The van der Waals surface area contributed by atoms with Crippen molar-refractivity contribution < 1.29 is 22.7 Å². The van der Waals surface area contributed by atoms with Gasteiger partial charge in [0.05, 0.1) is 6.10 Å². The van der Waals surface area contributed by atoms with Gasteiger partial charge in [0, 0.05) is 33.0 Å². The summed E-state index contributed by atoms with van der Waals surface area (Å²) in [6, 6.07) is 10.9. The van der Waals surface area contributed by atoms with E-state index in [4.69, 9.17) is 9.47 Å². The van der Waals surface area contributed by atoms with E-state index in [0.717, 1.165) is 24.0 Å². The Morgan fingerprint density at radius 3 is 2.54 bits per heavy atom. The number of sulfonamides is 1. The number of amides is 1. The van der Waals surface area contributed by atoms with Crippen molar-refractivity contribution in [1.82, 2.24) is 9.71 Å². The minimum absolute atomic E-state index is 0.115. The van der Waals surface area contributed by atoms with E-state index in [-0.39, 0.29) is 11.1 Å². The molecular weight excluding hydrogens is 466 g/mol. The minimum atomic E-state index is -4.14. The number of carbonyl (C=O) groups excluding carboxylic acids is 1. The van der Waals surface area contributed by atoms with Crippen LogP contribution in [0.4, 0.5) is 5.82 Å². The molecule has 2 aromatic rings. The fraction of sp³-hybridized carbons (Fsp3) is 0.538. The maximum absolute atomic E-state index is 13.2. The highest BCUT2D eigenvalue weighted by atomic mass is 32.2. The van der Waals surface area contributed by atoms with Gasteiger partial charge in [0.15, 0.2) is 10.6 Å². The van der Waals surface area contributed by atoms with Crippen LogP contribution in [0.2, 0.25) is 0 Å². The van der Waals surface area contributed by atoms with Gasteiger partial charge in [-0.15, -0.1) is 0 Å². The van der Waals surface area contributed by atoms with Crippen molar-refractivity contribution >= 4 is 21.7 Å². The van der Waals surface area contributed by atoms with Crippen molar-refractivity contribution in [2.75, 3.05) is 25.1 Å². The van der Waals surface area contributed by atoms with E-state index in [1.54, 1.807) is 19.2 Å². The summed E-state index contributed by atoms with van der Waals surface area (Å²) in [4.78, 5) is 19.4. The summed E-state index contributed by atoms with van der Waals surface area (Å²) in [7, 11) is -2.49. The molecule has 0 radical (unpaired) electrons. The second-order valence-corrected chi connectivity index (χ2v) is 11.6. The number of benzene rings is 1. The quantitative estimate of drug-likeness (QED) is 0.592. The average Bonchev–Trinajstić information content (AvgIpc) is 3.60. The minimum Gasteiger partial charge on any atom is -0.477 e. The molecule has 9 heteroatoms. The Bertz CT molecular complexity index is 1200. The van der Waals surface area contributed by atoms with Crippen LogP contribution in [0.1, 0.15) is 62.0 Å². The van der Waals surface area contributed by atoms with Gasteiger partial charge in [-0.05, 0) is 55.0 Å². The first-order valence-electron chi connectivity index (χ1n) is 12.4. The first kappa shape index (κ1) is 24.1. The van der Waals surface area contributed by atoms with Crippen molar-refractivity contribution in [2.45, 2.75) is 74.5 Å². The molecule has 2 saturated carbocycles. The number of aryl methyl sites for hydroxylation is 1. The van der Waals surface area contributed by atoms with Crippen LogP contribution < -0.4 is 14.4 Å². The summed E-state index contributed by atoms with van der Waals surface area (Å²) < 4.78 is 39.9. The van der Waals surface area contributed by atoms with Crippen molar-refractivity contribution in [1.29, 1.82) is 0 Å². The molecular formula is C26H33N3O5S. The molecule has 188 valence electrons. The Balaban J connectivity index is 1.31. The molecule has 1 aromatic heterocycles. The standard InChI is InChI=1S/C26H33N3O5S/c1-18-11-12-21(19-7-4-3-5-8-19)22(15-18)34-26(13-14-26)25(30)28-35(31,32)24-10-6-9-23(27-24)29-16-20(17-29)33-2/h6,9-12,15,19-20H,3-5,7-8,13-14,16-17H2,1-2H3,(H,28,30). The highest BCUT2D eigenvalue weighted by molar-refractivity contribution is 7.90. The highest BCUT2D eigenvalue weighted by Crippen LogP contribution is 2.45. The van der Waals surface area contributed by atoms with E-state index >= 15 is 0 Å². The maximum atomic E-state index is 13.2. The third kappa shape index (κ3) is 5.02. The van der Waals surface area contributed by atoms with Gasteiger partial charge in [-0.25, -0.2) is 9.71 Å². The van der Waals surface area contributed by atoms with Gasteiger partial charge < -0.3 is 14.4 Å². The van der Waals surface area contributed by atoms with Crippen molar-refractivity contribution in [3.8, 4) is 5.75 Å². The molecule has 3 aliphatic rings. The lowest BCUT2D eigenvalue weighted by Crippen LogP contribution is -2.52. The second kappa shape index (κ2) is 9.43. The molecule has 2 aliphatic carbocycles. The van der Waals surface area contributed by atoms with Gasteiger partial charge in [-0.2, -0.15) is 8.42 Å².